The summed E-state index contributed by atoms with van der Waals surface area (Å²) >= 11 is 0.912. The van der Waals surface area contributed by atoms with E-state index < -0.39 is 29.9 Å². The first-order valence-corrected chi connectivity index (χ1v) is 9.09. The van der Waals surface area contributed by atoms with Gasteiger partial charge in [-0.1, -0.05) is 6.92 Å². The van der Waals surface area contributed by atoms with Gasteiger partial charge in [-0.15, -0.1) is 11.3 Å². The lowest BCUT2D eigenvalue weighted by Gasteiger charge is -2.34. The summed E-state index contributed by atoms with van der Waals surface area (Å²) in [5, 5.41) is 12.0. The number of carbonyl (C=O) groups is 4. The highest BCUT2D eigenvalue weighted by Gasteiger charge is 2.33. The Morgan fingerprint density at radius 3 is 2.33 bits per heavy atom. The van der Waals surface area contributed by atoms with E-state index in [2.05, 4.69) is 5.32 Å². The zero-order valence-electron chi connectivity index (χ0n) is 15.5. The molecule has 2 rings (SSSR count). The van der Waals surface area contributed by atoms with Crippen LogP contribution in [-0.4, -0.2) is 61.3 Å². The second-order valence-electron chi connectivity index (χ2n) is 6.45. The number of amides is 2. The highest BCUT2D eigenvalue weighted by atomic mass is 32.1. The van der Waals surface area contributed by atoms with Crippen LogP contribution in [0.4, 0.5) is 9.80 Å². The fourth-order valence-electron chi connectivity index (χ4n) is 3.11. The maximum atomic E-state index is 12.7. The van der Waals surface area contributed by atoms with Gasteiger partial charge in [-0.3, -0.25) is 10.1 Å². The van der Waals surface area contributed by atoms with E-state index in [0.29, 0.717) is 18.5 Å². The van der Waals surface area contributed by atoms with Gasteiger partial charge in [0.25, 0.3) is 0 Å². The Bertz CT molecular complexity index is 774. The van der Waals surface area contributed by atoms with Crippen molar-refractivity contribution < 1.29 is 33.8 Å². The van der Waals surface area contributed by atoms with E-state index in [1.165, 1.54) is 19.1 Å². The number of aliphatic carboxylic acids is 1. The molecule has 0 saturated carbocycles. The molecular weight excluding hydrogens is 376 g/mol. The molecule has 148 valence electrons. The fraction of sp³-hybridized carbons (Fsp3) is 0.529. The lowest BCUT2D eigenvalue weighted by atomic mass is 9.91. The number of likely N-dealkylation sites (tertiary alicyclic amines) is 1. The van der Waals surface area contributed by atoms with Gasteiger partial charge in [0.15, 0.2) is 0 Å². The largest absolute Gasteiger partial charge is 0.481 e. The minimum atomic E-state index is -0.949. The van der Waals surface area contributed by atoms with Crippen molar-refractivity contribution in [3.8, 4) is 0 Å². The van der Waals surface area contributed by atoms with Crippen LogP contribution in [0.25, 0.3) is 0 Å². The molecule has 27 heavy (non-hydrogen) atoms. The van der Waals surface area contributed by atoms with Crippen LogP contribution in [-0.2, 0) is 14.3 Å². The number of piperidine rings is 1. The summed E-state index contributed by atoms with van der Waals surface area (Å²) in [6, 6.07) is -0.532. The number of hydrogen-bond donors (Lipinski definition) is 2. The molecule has 0 bridgehead atoms. The number of anilines is 1. The Kier molecular flexibility index (Phi) is 6.42. The average molecular weight is 398 g/mol. The van der Waals surface area contributed by atoms with Crippen molar-refractivity contribution in [3.05, 3.63) is 16.0 Å². The number of esters is 2. The van der Waals surface area contributed by atoms with Crippen molar-refractivity contribution in [3.63, 3.8) is 0 Å². The van der Waals surface area contributed by atoms with Crippen molar-refractivity contribution in [2.45, 2.75) is 20.3 Å². The Hall–Kier alpha value is -2.62. The standard InChI is InChI=1S/C17H22N2O7S/c1-8-5-10(14(20)21)7-19(6-8)17(24)18-13-11(15(22)25-3)9(2)12(27-13)16(23)26-4/h8,10H,5-7H2,1-4H3,(H,18,24)(H,20,21). The number of ether oxygens (including phenoxy) is 2. The first kappa shape index (κ1) is 20.7. The number of rotatable bonds is 4. The Morgan fingerprint density at radius 1 is 1.15 bits per heavy atom. The molecule has 1 fully saturated rings. The molecule has 10 heteroatoms. The van der Waals surface area contributed by atoms with Gasteiger partial charge in [-0.05, 0) is 24.8 Å². The van der Waals surface area contributed by atoms with Crippen LogP contribution < -0.4 is 5.32 Å². The maximum Gasteiger partial charge on any atom is 0.348 e. The lowest BCUT2D eigenvalue weighted by molar-refractivity contribution is -0.143. The number of carboxylic acids is 1. The summed E-state index contributed by atoms with van der Waals surface area (Å²) in [6.45, 7) is 3.92. The third-order valence-corrected chi connectivity index (χ3v) is 5.61. The van der Waals surface area contributed by atoms with Crippen molar-refractivity contribution in [1.29, 1.82) is 0 Å². The number of nitrogens with one attached hydrogen (secondary N) is 1. The number of urea groups is 1. The van der Waals surface area contributed by atoms with E-state index in [4.69, 9.17) is 9.47 Å². The topological polar surface area (TPSA) is 122 Å². The highest BCUT2D eigenvalue weighted by molar-refractivity contribution is 7.18. The van der Waals surface area contributed by atoms with Gasteiger partial charge in [0.2, 0.25) is 0 Å². The van der Waals surface area contributed by atoms with Crippen LogP contribution in [0.2, 0.25) is 0 Å². The fourth-order valence-corrected chi connectivity index (χ4v) is 4.21. The van der Waals surface area contributed by atoms with E-state index >= 15 is 0 Å². The Morgan fingerprint density at radius 2 is 1.78 bits per heavy atom. The average Bonchev–Trinajstić information content (AvgIpc) is 2.95. The zero-order valence-corrected chi connectivity index (χ0v) is 16.3. The van der Waals surface area contributed by atoms with Crippen LogP contribution in [0.15, 0.2) is 0 Å². The molecule has 9 nitrogen and oxygen atoms in total. The minimum Gasteiger partial charge on any atom is -0.481 e. The molecule has 2 heterocycles. The summed E-state index contributed by atoms with van der Waals surface area (Å²) in [6.07, 6.45) is 0.497. The van der Waals surface area contributed by atoms with Crippen LogP contribution in [0, 0.1) is 18.8 Å². The predicted molar refractivity (Wildman–Crippen MR) is 97.2 cm³/mol. The molecule has 1 aromatic rings. The first-order valence-electron chi connectivity index (χ1n) is 8.28. The van der Waals surface area contributed by atoms with Crippen LogP contribution >= 0.6 is 11.3 Å². The molecule has 0 aromatic carbocycles. The number of hydrogen-bond acceptors (Lipinski definition) is 7. The van der Waals surface area contributed by atoms with E-state index in [9.17, 15) is 24.3 Å². The minimum absolute atomic E-state index is 0.0291. The van der Waals surface area contributed by atoms with Crippen LogP contribution in [0.1, 0.15) is 38.9 Å². The number of thiophene rings is 1. The van der Waals surface area contributed by atoms with E-state index in [-0.39, 0.29) is 27.9 Å². The normalized spacial score (nSPS) is 19.3. The van der Waals surface area contributed by atoms with E-state index in [1.54, 1.807) is 6.92 Å². The maximum absolute atomic E-state index is 12.7. The van der Waals surface area contributed by atoms with Crippen molar-refractivity contribution in [1.82, 2.24) is 4.90 Å². The van der Waals surface area contributed by atoms with Gasteiger partial charge in [0.1, 0.15) is 9.88 Å². The van der Waals surface area contributed by atoms with Gasteiger partial charge in [0, 0.05) is 13.1 Å². The number of carbonyl (C=O) groups excluding carboxylic acids is 3. The number of nitrogens with zero attached hydrogens (tertiary/aromatic N) is 1. The Balaban J connectivity index is 2.30. The first-order chi connectivity index (χ1) is 12.7. The molecule has 1 aliphatic heterocycles. The number of methoxy groups -OCH3 is 2. The van der Waals surface area contributed by atoms with E-state index in [1.807, 2.05) is 6.92 Å². The Labute approximate surface area is 160 Å². The summed E-state index contributed by atoms with van der Waals surface area (Å²) in [5.41, 5.74) is 0.431. The smallest absolute Gasteiger partial charge is 0.348 e. The SMILES string of the molecule is COC(=O)c1sc(NC(=O)N2CC(C)CC(C(=O)O)C2)c(C(=O)OC)c1C. The molecule has 1 saturated heterocycles. The molecule has 0 spiro atoms. The van der Waals surface area contributed by atoms with Crippen molar-refractivity contribution >= 4 is 40.3 Å². The molecule has 2 amide bonds. The monoisotopic (exact) mass is 398 g/mol. The molecule has 1 aromatic heterocycles. The molecular formula is C17H22N2O7S. The molecule has 0 aliphatic carbocycles. The van der Waals surface area contributed by atoms with E-state index in [0.717, 1.165) is 11.3 Å². The van der Waals surface area contributed by atoms with Crippen LogP contribution in [0.3, 0.4) is 0 Å². The molecule has 2 atom stereocenters. The summed E-state index contributed by atoms with van der Waals surface area (Å²) in [7, 11) is 2.42. The van der Waals surface area contributed by atoms with Gasteiger partial charge in [-0.25, -0.2) is 14.4 Å². The highest BCUT2D eigenvalue weighted by Crippen LogP contribution is 2.34. The summed E-state index contributed by atoms with van der Waals surface area (Å²) in [5.74, 6) is -2.88. The van der Waals surface area contributed by atoms with Crippen molar-refractivity contribution in [2.75, 3.05) is 32.6 Å². The lowest BCUT2D eigenvalue weighted by Crippen LogP contribution is -2.47. The third-order valence-electron chi connectivity index (χ3n) is 4.42. The number of carboxylic acid groups (broad SMARTS) is 1. The second kappa shape index (κ2) is 8.38. The summed E-state index contributed by atoms with van der Waals surface area (Å²) < 4.78 is 9.46. The molecule has 0 radical (unpaired) electrons. The van der Waals surface area contributed by atoms with Crippen molar-refractivity contribution in [2.24, 2.45) is 11.8 Å². The molecule has 2 unspecified atom stereocenters. The predicted octanol–water partition coefficient (Wildman–Crippen LogP) is 2.20. The third kappa shape index (κ3) is 4.38. The van der Waals surface area contributed by atoms with Gasteiger partial charge in [0.05, 0.1) is 25.7 Å². The molecule has 1 aliphatic rings. The van der Waals surface area contributed by atoms with Crippen LogP contribution in [0.5, 0.6) is 0 Å². The molecule has 2 N–H and O–H groups in total. The second-order valence-corrected chi connectivity index (χ2v) is 7.48. The quantitative estimate of drug-likeness (QED) is 0.746. The zero-order chi connectivity index (χ0) is 20.3. The van der Waals surface area contributed by atoms with Gasteiger partial charge in [-0.2, -0.15) is 0 Å². The van der Waals surface area contributed by atoms with Gasteiger partial charge >= 0.3 is 23.9 Å². The summed E-state index contributed by atoms with van der Waals surface area (Å²) in [4.78, 5) is 49.6. The van der Waals surface area contributed by atoms with Gasteiger partial charge < -0.3 is 19.5 Å².